The number of nitrogens with zero attached hydrogens (tertiary/aromatic N) is 2. The standard InChI is InChI=1S/C7H20N2.3CH4/c1-8(2,3)7-9(4,5)6;;;/h7H2,1-6H3;3*1H4/q+2;;;. The molecule has 0 radical (unpaired) electrons. The highest BCUT2D eigenvalue weighted by Crippen LogP contribution is 1.97. The molecule has 0 saturated heterocycles. The molecule has 0 heterocycles. The van der Waals surface area contributed by atoms with E-state index in [2.05, 4.69) is 42.3 Å². The summed E-state index contributed by atoms with van der Waals surface area (Å²) in [6.07, 6.45) is 0. The van der Waals surface area contributed by atoms with Gasteiger partial charge in [-0.15, -0.1) is 0 Å². The van der Waals surface area contributed by atoms with Crippen molar-refractivity contribution in [1.82, 2.24) is 0 Å². The van der Waals surface area contributed by atoms with Crippen molar-refractivity contribution in [3.8, 4) is 0 Å². The third-order valence-electron chi connectivity index (χ3n) is 0.849. The second kappa shape index (κ2) is 6.44. The van der Waals surface area contributed by atoms with E-state index in [0.29, 0.717) is 0 Å². The smallest absolute Gasteiger partial charge is 0.206 e. The third kappa shape index (κ3) is 22.5. The van der Waals surface area contributed by atoms with E-state index in [1.807, 2.05) is 0 Å². The summed E-state index contributed by atoms with van der Waals surface area (Å²) < 4.78 is 2.06. The molecule has 0 atom stereocenters. The van der Waals surface area contributed by atoms with Gasteiger partial charge in [0.25, 0.3) is 0 Å². The average molecular weight is 180 g/mol. The Morgan fingerprint density at radius 3 is 0.750 bits per heavy atom. The molecule has 0 aliphatic heterocycles. The number of rotatable bonds is 2. The Bertz CT molecular complexity index is 73.0. The van der Waals surface area contributed by atoms with Crippen molar-refractivity contribution < 1.29 is 8.97 Å². The summed E-state index contributed by atoms with van der Waals surface area (Å²) in [4.78, 5) is 0. The Hall–Kier alpha value is -0.0800. The quantitative estimate of drug-likeness (QED) is 0.452. The molecule has 0 aromatic rings. The van der Waals surface area contributed by atoms with Gasteiger partial charge in [-0.05, 0) is 0 Å². The third-order valence-corrected chi connectivity index (χ3v) is 0.849. The predicted octanol–water partition coefficient (Wildman–Crippen LogP) is 2.26. The molecule has 0 bridgehead atoms. The van der Waals surface area contributed by atoms with Crippen LogP contribution in [0.5, 0.6) is 0 Å². The Morgan fingerprint density at radius 2 is 0.750 bits per heavy atom. The summed E-state index contributed by atoms with van der Waals surface area (Å²) in [5.41, 5.74) is 0. The molecule has 0 fully saturated rings. The highest BCUT2D eigenvalue weighted by Gasteiger charge is 2.17. The lowest BCUT2D eigenvalue weighted by Gasteiger charge is -2.32. The van der Waals surface area contributed by atoms with E-state index >= 15 is 0 Å². The molecular weight excluding hydrogens is 148 g/mol. The Morgan fingerprint density at radius 1 is 0.583 bits per heavy atom. The minimum atomic E-state index is 0. The first kappa shape index (κ1) is 22.7. The van der Waals surface area contributed by atoms with E-state index in [4.69, 9.17) is 0 Å². The van der Waals surface area contributed by atoms with Crippen molar-refractivity contribution in [2.45, 2.75) is 22.3 Å². The molecule has 0 N–H and O–H groups in total. The summed E-state index contributed by atoms with van der Waals surface area (Å²) in [6.45, 7) is 1.17. The Kier molecular flexibility index (Phi) is 12.2. The first-order valence-corrected chi connectivity index (χ1v) is 3.32. The van der Waals surface area contributed by atoms with Crippen molar-refractivity contribution in [2.75, 3.05) is 49.0 Å². The lowest BCUT2D eigenvalue weighted by Crippen LogP contribution is -2.51. The van der Waals surface area contributed by atoms with Gasteiger partial charge in [0.1, 0.15) is 0 Å². The van der Waals surface area contributed by atoms with Gasteiger partial charge in [0, 0.05) is 0 Å². The minimum Gasteiger partial charge on any atom is -0.284 e. The molecule has 12 heavy (non-hydrogen) atoms. The van der Waals surface area contributed by atoms with Gasteiger partial charge in [0.15, 0.2) is 0 Å². The maximum Gasteiger partial charge on any atom is 0.206 e. The Balaban J connectivity index is -0.000000107. The van der Waals surface area contributed by atoms with E-state index in [1.165, 1.54) is 6.67 Å². The summed E-state index contributed by atoms with van der Waals surface area (Å²) in [5.74, 6) is 0. The van der Waals surface area contributed by atoms with E-state index < -0.39 is 0 Å². The minimum absolute atomic E-state index is 0. The lowest BCUT2D eigenvalue weighted by molar-refractivity contribution is -1.05. The monoisotopic (exact) mass is 180 g/mol. The van der Waals surface area contributed by atoms with Gasteiger partial charge in [-0.2, -0.15) is 0 Å². The molecule has 0 aliphatic carbocycles. The molecule has 0 amide bonds. The fourth-order valence-corrected chi connectivity index (χ4v) is 1.27. The van der Waals surface area contributed by atoms with Gasteiger partial charge >= 0.3 is 0 Å². The topological polar surface area (TPSA) is 0 Å². The van der Waals surface area contributed by atoms with Gasteiger partial charge in [-0.25, -0.2) is 0 Å². The van der Waals surface area contributed by atoms with E-state index in [-0.39, 0.29) is 22.3 Å². The molecule has 2 nitrogen and oxygen atoms in total. The normalized spacial score (nSPS) is 10.5. The van der Waals surface area contributed by atoms with Crippen LogP contribution in [-0.2, 0) is 0 Å². The predicted molar refractivity (Wildman–Crippen MR) is 61.1 cm³/mol. The van der Waals surface area contributed by atoms with Gasteiger partial charge in [-0.1, -0.05) is 22.3 Å². The molecule has 80 valence electrons. The van der Waals surface area contributed by atoms with Crippen LogP contribution in [-0.4, -0.2) is 57.9 Å². The number of hydrogen-bond acceptors (Lipinski definition) is 0. The molecule has 0 aromatic carbocycles. The molecule has 0 aromatic heterocycles. The van der Waals surface area contributed by atoms with Crippen LogP contribution in [0.1, 0.15) is 22.3 Å². The number of hydrogen-bond donors (Lipinski definition) is 0. The fourth-order valence-electron chi connectivity index (χ4n) is 1.27. The van der Waals surface area contributed by atoms with Gasteiger partial charge in [0.05, 0.1) is 42.3 Å². The van der Waals surface area contributed by atoms with E-state index in [0.717, 1.165) is 8.97 Å². The average Bonchev–Trinajstić information content (AvgIpc) is 1.14. The second-order valence-corrected chi connectivity index (χ2v) is 4.72. The molecule has 0 spiro atoms. The van der Waals surface area contributed by atoms with Crippen LogP contribution < -0.4 is 0 Å². The second-order valence-electron chi connectivity index (χ2n) is 4.72. The van der Waals surface area contributed by atoms with Crippen molar-refractivity contribution in [1.29, 1.82) is 0 Å². The summed E-state index contributed by atoms with van der Waals surface area (Å²) in [5, 5.41) is 0. The van der Waals surface area contributed by atoms with Gasteiger partial charge in [-0.3, -0.25) is 8.97 Å². The maximum absolute atomic E-state index is 2.21. The SMILES string of the molecule is C.C.C.C[N+](C)(C)C[N+](C)(C)C. The fraction of sp³-hybridized carbons (Fsp3) is 1.00. The van der Waals surface area contributed by atoms with Crippen LogP contribution in [0, 0.1) is 0 Å². The molecule has 2 heteroatoms. The van der Waals surface area contributed by atoms with E-state index in [1.54, 1.807) is 0 Å². The van der Waals surface area contributed by atoms with Crippen molar-refractivity contribution in [3.63, 3.8) is 0 Å². The summed E-state index contributed by atoms with van der Waals surface area (Å²) >= 11 is 0. The highest BCUT2D eigenvalue weighted by atomic mass is 15.5. The van der Waals surface area contributed by atoms with Crippen molar-refractivity contribution >= 4 is 0 Å². The van der Waals surface area contributed by atoms with Gasteiger partial charge in [0.2, 0.25) is 6.67 Å². The van der Waals surface area contributed by atoms with Crippen molar-refractivity contribution in [3.05, 3.63) is 0 Å². The number of quaternary nitrogens is 2. The van der Waals surface area contributed by atoms with Gasteiger partial charge < -0.3 is 0 Å². The van der Waals surface area contributed by atoms with E-state index in [9.17, 15) is 0 Å². The first-order valence-electron chi connectivity index (χ1n) is 3.32. The van der Waals surface area contributed by atoms with Crippen molar-refractivity contribution in [2.24, 2.45) is 0 Å². The van der Waals surface area contributed by atoms with Crippen LogP contribution in [0.25, 0.3) is 0 Å². The highest BCUT2D eigenvalue weighted by molar-refractivity contribution is 4.07. The molecular formula is C10H32N2+2. The zero-order chi connectivity index (χ0) is 7.71. The lowest BCUT2D eigenvalue weighted by atomic mass is 10.6. The largest absolute Gasteiger partial charge is 0.284 e. The zero-order valence-electron chi connectivity index (χ0n) is 7.60. The summed E-state index contributed by atoms with van der Waals surface area (Å²) in [6, 6.07) is 0. The molecule has 0 rings (SSSR count). The van der Waals surface area contributed by atoms with Crippen LogP contribution >= 0.6 is 0 Å². The van der Waals surface area contributed by atoms with Crippen LogP contribution in [0.4, 0.5) is 0 Å². The Labute approximate surface area is 81.0 Å². The molecule has 0 saturated carbocycles. The summed E-state index contributed by atoms with van der Waals surface area (Å²) in [7, 11) is 13.3. The van der Waals surface area contributed by atoms with Crippen LogP contribution in [0.3, 0.4) is 0 Å². The zero-order valence-corrected chi connectivity index (χ0v) is 7.60. The molecule has 0 aliphatic rings. The maximum atomic E-state index is 2.21. The first-order chi connectivity index (χ1) is 3.71. The molecule has 0 unspecified atom stereocenters. The van der Waals surface area contributed by atoms with Crippen LogP contribution in [0.2, 0.25) is 0 Å². The van der Waals surface area contributed by atoms with Crippen LogP contribution in [0.15, 0.2) is 0 Å².